The van der Waals surface area contributed by atoms with E-state index in [-0.39, 0.29) is 0 Å². The molecule has 0 radical (unpaired) electrons. The van der Waals surface area contributed by atoms with Crippen LogP contribution in [-0.4, -0.2) is 15.2 Å². The molecule has 0 unspecified atom stereocenters. The van der Waals surface area contributed by atoms with Gasteiger partial charge in [-0.1, -0.05) is 71.9 Å². The number of benzene rings is 2. The fourth-order valence-corrected chi connectivity index (χ4v) is 4.61. The van der Waals surface area contributed by atoms with Gasteiger partial charge in [0, 0.05) is 11.3 Å². The van der Waals surface area contributed by atoms with Crippen molar-refractivity contribution in [2.24, 2.45) is 0 Å². The Hall–Kier alpha value is -2.50. The third kappa shape index (κ3) is 4.26. The zero-order valence-corrected chi connectivity index (χ0v) is 16.8. The maximum Gasteiger partial charge on any atom is 0.124 e. The molecule has 2 heterocycles. The molecule has 27 heavy (non-hydrogen) atoms. The first-order valence-electron chi connectivity index (χ1n) is 8.74. The Balaban J connectivity index is 1.50. The van der Waals surface area contributed by atoms with Crippen molar-refractivity contribution in [1.82, 2.24) is 15.2 Å². The van der Waals surface area contributed by atoms with E-state index in [0.717, 1.165) is 37.6 Å². The van der Waals surface area contributed by atoms with Crippen LogP contribution >= 0.6 is 23.1 Å². The number of thioether (sulfide) groups is 1. The molecule has 5 heteroatoms. The third-order valence-corrected chi connectivity index (χ3v) is 6.38. The van der Waals surface area contributed by atoms with Crippen molar-refractivity contribution in [3.63, 3.8) is 0 Å². The van der Waals surface area contributed by atoms with Crippen LogP contribution in [0.5, 0.6) is 0 Å². The average Bonchev–Trinajstić information content (AvgIpc) is 3.09. The van der Waals surface area contributed by atoms with Gasteiger partial charge >= 0.3 is 0 Å². The van der Waals surface area contributed by atoms with E-state index >= 15 is 0 Å². The molecule has 0 bridgehead atoms. The molecule has 0 spiro atoms. The standard InChI is InChI=1S/C22H19N3S2/c1-15-7-6-8-17(13-15)14-26-20-12-11-19(24-25-20)21-16(2)23-22(27-21)18-9-4-3-5-10-18/h3-13H,14H2,1-2H3. The predicted molar refractivity (Wildman–Crippen MR) is 114 cm³/mol. The van der Waals surface area contributed by atoms with E-state index in [0.29, 0.717) is 0 Å². The van der Waals surface area contributed by atoms with Gasteiger partial charge in [-0.15, -0.1) is 21.5 Å². The van der Waals surface area contributed by atoms with E-state index in [4.69, 9.17) is 4.98 Å². The minimum absolute atomic E-state index is 0.882. The molecule has 0 saturated carbocycles. The number of aryl methyl sites for hydroxylation is 2. The SMILES string of the molecule is Cc1cccc(CSc2ccc(-c3sc(-c4ccccc4)nc3C)nn2)c1. The Bertz CT molecular complexity index is 1040. The summed E-state index contributed by atoms with van der Waals surface area (Å²) >= 11 is 3.37. The van der Waals surface area contributed by atoms with Crippen LogP contribution in [0.15, 0.2) is 71.8 Å². The summed E-state index contributed by atoms with van der Waals surface area (Å²) in [7, 11) is 0. The van der Waals surface area contributed by atoms with Crippen LogP contribution in [0.4, 0.5) is 0 Å². The van der Waals surface area contributed by atoms with E-state index in [1.807, 2.05) is 37.3 Å². The van der Waals surface area contributed by atoms with Crippen molar-refractivity contribution < 1.29 is 0 Å². The molecule has 2 aromatic heterocycles. The molecule has 0 fully saturated rings. The highest BCUT2D eigenvalue weighted by Crippen LogP contribution is 2.34. The summed E-state index contributed by atoms with van der Waals surface area (Å²) in [5, 5.41) is 10.8. The monoisotopic (exact) mass is 389 g/mol. The number of aromatic nitrogens is 3. The molecule has 0 aliphatic heterocycles. The van der Waals surface area contributed by atoms with Gasteiger partial charge in [-0.3, -0.25) is 0 Å². The van der Waals surface area contributed by atoms with Crippen LogP contribution < -0.4 is 0 Å². The largest absolute Gasteiger partial charge is 0.241 e. The molecule has 0 atom stereocenters. The fraction of sp³-hybridized carbons (Fsp3) is 0.136. The molecule has 4 aromatic rings. The number of hydrogen-bond donors (Lipinski definition) is 0. The minimum atomic E-state index is 0.882. The average molecular weight is 390 g/mol. The van der Waals surface area contributed by atoms with Crippen molar-refractivity contribution >= 4 is 23.1 Å². The lowest BCUT2D eigenvalue weighted by atomic mass is 10.2. The van der Waals surface area contributed by atoms with Gasteiger partial charge in [-0.05, 0) is 31.5 Å². The van der Waals surface area contributed by atoms with Crippen molar-refractivity contribution in [2.75, 3.05) is 0 Å². The first-order valence-corrected chi connectivity index (χ1v) is 10.5. The molecule has 0 N–H and O–H groups in total. The van der Waals surface area contributed by atoms with Crippen LogP contribution in [0.2, 0.25) is 0 Å². The van der Waals surface area contributed by atoms with Crippen molar-refractivity contribution in [1.29, 1.82) is 0 Å². The molecule has 2 aromatic carbocycles. The highest BCUT2D eigenvalue weighted by molar-refractivity contribution is 7.98. The minimum Gasteiger partial charge on any atom is -0.241 e. The molecule has 0 aliphatic rings. The van der Waals surface area contributed by atoms with Gasteiger partial charge in [0.1, 0.15) is 15.7 Å². The first kappa shape index (κ1) is 17.9. The second-order valence-corrected chi connectivity index (χ2v) is 8.33. The Morgan fingerprint density at radius 3 is 2.48 bits per heavy atom. The van der Waals surface area contributed by atoms with Gasteiger partial charge in [-0.25, -0.2) is 4.98 Å². The van der Waals surface area contributed by atoms with Gasteiger partial charge < -0.3 is 0 Å². The van der Waals surface area contributed by atoms with Crippen LogP contribution in [0.1, 0.15) is 16.8 Å². The molecule has 3 nitrogen and oxygen atoms in total. The predicted octanol–water partition coefficient (Wildman–Crippen LogP) is 6.18. The lowest BCUT2D eigenvalue weighted by molar-refractivity contribution is 0.936. The Kier molecular flexibility index (Phi) is 5.32. The normalized spacial score (nSPS) is 10.9. The fourth-order valence-electron chi connectivity index (χ4n) is 2.82. The Morgan fingerprint density at radius 1 is 0.889 bits per heavy atom. The first-order chi connectivity index (χ1) is 13.2. The summed E-state index contributed by atoms with van der Waals surface area (Å²) in [6.45, 7) is 4.14. The van der Waals surface area contributed by atoms with Gasteiger partial charge in [-0.2, -0.15) is 0 Å². The Labute approximate surface area is 167 Å². The zero-order chi connectivity index (χ0) is 18.6. The van der Waals surface area contributed by atoms with Gasteiger partial charge in [0.2, 0.25) is 0 Å². The molecule has 4 rings (SSSR count). The van der Waals surface area contributed by atoms with Gasteiger partial charge in [0.15, 0.2) is 0 Å². The maximum atomic E-state index is 4.71. The third-order valence-electron chi connectivity index (χ3n) is 4.16. The summed E-state index contributed by atoms with van der Waals surface area (Å²) < 4.78 is 0. The van der Waals surface area contributed by atoms with E-state index in [2.05, 4.69) is 53.5 Å². The number of hydrogen-bond acceptors (Lipinski definition) is 5. The van der Waals surface area contributed by atoms with E-state index in [9.17, 15) is 0 Å². The van der Waals surface area contributed by atoms with Crippen LogP contribution in [-0.2, 0) is 5.75 Å². The summed E-state index contributed by atoms with van der Waals surface area (Å²) in [6, 6.07) is 22.9. The second kappa shape index (κ2) is 8.03. The van der Waals surface area contributed by atoms with Crippen molar-refractivity contribution in [2.45, 2.75) is 24.6 Å². The smallest absolute Gasteiger partial charge is 0.124 e. The zero-order valence-electron chi connectivity index (χ0n) is 15.2. The van der Waals surface area contributed by atoms with Crippen LogP contribution in [0.25, 0.3) is 21.1 Å². The van der Waals surface area contributed by atoms with E-state index < -0.39 is 0 Å². The lowest BCUT2D eigenvalue weighted by Gasteiger charge is -2.03. The molecular weight excluding hydrogens is 370 g/mol. The summed E-state index contributed by atoms with van der Waals surface area (Å²) in [4.78, 5) is 5.79. The molecule has 0 saturated heterocycles. The number of nitrogens with zero attached hydrogens (tertiary/aromatic N) is 3. The lowest BCUT2D eigenvalue weighted by Crippen LogP contribution is -1.90. The number of thiazole rings is 1. The highest BCUT2D eigenvalue weighted by Gasteiger charge is 2.13. The summed E-state index contributed by atoms with van der Waals surface area (Å²) in [5.74, 6) is 0.896. The second-order valence-electron chi connectivity index (χ2n) is 6.33. The summed E-state index contributed by atoms with van der Waals surface area (Å²) in [5.41, 5.74) is 5.59. The summed E-state index contributed by atoms with van der Waals surface area (Å²) in [6.07, 6.45) is 0. The van der Waals surface area contributed by atoms with Crippen LogP contribution in [0.3, 0.4) is 0 Å². The topological polar surface area (TPSA) is 38.7 Å². The molecule has 0 aliphatic carbocycles. The Morgan fingerprint density at radius 2 is 1.74 bits per heavy atom. The quantitative estimate of drug-likeness (QED) is 0.382. The molecule has 0 amide bonds. The van der Waals surface area contributed by atoms with Gasteiger partial charge in [0.25, 0.3) is 0 Å². The highest BCUT2D eigenvalue weighted by atomic mass is 32.2. The van der Waals surface area contributed by atoms with Crippen molar-refractivity contribution in [3.8, 4) is 21.1 Å². The molecular formula is C22H19N3S2. The van der Waals surface area contributed by atoms with Crippen molar-refractivity contribution in [3.05, 3.63) is 83.6 Å². The maximum absolute atomic E-state index is 4.71. The number of rotatable bonds is 5. The molecule has 134 valence electrons. The van der Waals surface area contributed by atoms with Crippen LogP contribution in [0, 0.1) is 13.8 Å². The van der Waals surface area contributed by atoms with E-state index in [1.165, 1.54) is 11.1 Å². The van der Waals surface area contributed by atoms with Gasteiger partial charge in [0.05, 0.1) is 10.6 Å². The van der Waals surface area contributed by atoms with E-state index in [1.54, 1.807) is 23.1 Å².